The fourth-order valence-corrected chi connectivity index (χ4v) is 0.798. The van der Waals surface area contributed by atoms with E-state index in [0.717, 1.165) is 5.69 Å². The molecule has 0 saturated carbocycles. The minimum atomic E-state index is -0.265. The molecule has 2 nitrogen and oxygen atoms in total. The summed E-state index contributed by atoms with van der Waals surface area (Å²) in [5.74, 6) is 0. The van der Waals surface area contributed by atoms with Gasteiger partial charge in [0.25, 0.3) is 0 Å². The van der Waals surface area contributed by atoms with E-state index < -0.39 is 0 Å². The van der Waals surface area contributed by atoms with E-state index in [4.69, 9.17) is 0 Å². The van der Waals surface area contributed by atoms with E-state index in [1.807, 2.05) is 6.07 Å². The zero-order chi connectivity index (χ0) is 7.40. The number of hydrogen-bond acceptors (Lipinski definition) is 3. The SMILES string of the molecule is O=C([S-])Cc1ccccn1. The van der Waals surface area contributed by atoms with Gasteiger partial charge in [-0.3, -0.25) is 4.98 Å². The van der Waals surface area contributed by atoms with E-state index in [2.05, 4.69) is 17.6 Å². The summed E-state index contributed by atoms with van der Waals surface area (Å²) < 4.78 is 0. The third kappa shape index (κ3) is 2.11. The molecule has 0 amide bonds. The lowest BCUT2D eigenvalue weighted by Gasteiger charge is -2.00. The van der Waals surface area contributed by atoms with Crippen molar-refractivity contribution in [3.05, 3.63) is 30.1 Å². The molecule has 10 heavy (non-hydrogen) atoms. The monoisotopic (exact) mass is 152 g/mol. The van der Waals surface area contributed by atoms with Crippen molar-refractivity contribution in [1.82, 2.24) is 4.98 Å². The molecule has 0 unspecified atom stereocenters. The first-order chi connectivity index (χ1) is 4.79. The summed E-state index contributed by atoms with van der Waals surface area (Å²) in [7, 11) is 0. The van der Waals surface area contributed by atoms with Crippen molar-refractivity contribution in [2.75, 3.05) is 0 Å². The second-order valence-electron chi connectivity index (χ2n) is 1.87. The molecular formula is C7H6NOS-. The molecule has 52 valence electrons. The highest BCUT2D eigenvalue weighted by Crippen LogP contribution is 1.93. The molecule has 0 spiro atoms. The average molecular weight is 152 g/mol. The quantitative estimate of drug-likeness (QED) is 0.584. The predicted octanol–water partition coefficient (Wildman–Crippen LogP) is 0.698. The normalized spacial score (nSPS) is 9.20. The molecule has 0 aliphatic carbocycles. The summed E-state index contributed by atoms with van der Waals surface area (Å²) in [6.45, 7) is 0. The van der Waals surface area contributed by atoms with E-state index in [1.54, 1.807) is 18.3 Å². The Hall–Kier alpha value is -0.960. The van der Waals surface area contributed by atoms with Crippen molar-refractivity contribution in [3.8, 4) is 0 Å². The molecule has 0 radical (unpaired) electrons. The maximum Gasteiger partial charge on any atom is 0.0458 e. The number of hydrogen-bond donors (Lipinski definition) is 0. The lowest BCUT2D eigenvalue weighted by Crippen LogP contribution is -1.98. The molecule has 3 heteroatoms. The third-order valence-corrected chi connectivity index (χ3v) is 1.20. The molecular weight excluding hydrogens is 146 g/mol. The van der Waals surface area contributed by atoms with E-state index in [0.29, 0.717) is 0 Å². The van der Waals surface area contributed by atoms with Gasteiger partial charge in [-0.2, -0.15) is 0 Å². The van der Waals surface area contributed by atoms with E-state index in [1.165, 1.54) is 0 Å². The van der Waals surface area contributed by atoms with Crippen molar-refractivity contribution >= 4 is 17.7 Å². The van der Waals surface area contributed by atoms with Gasteiger partial charge in [0, 0.05) is 23.4 Å². The number of carbonyl (C=O) groups excluding carboxylic acids is 1. The first-order valence-electron chi connectivity index (χ1n) is 2.89. The van der Waals surface area contributed by atoms with Crippen LogP contribution in [0.4, 0.5) is 0 Å². The number of aromatic nitrogens is 1. The molecule has 0 N–H and O–H groups in total. The van der Waals surface area contributed by atoms with Crippen LogP contribution in [-0.2, 0) is 23.8 Å². The van der Waals surface area contributed by atoms with Crippen LogP contribution in [0.3, 0.4) is 0 Å². The van der Waals surface area contributed by atoms with Gasteiger partial charge in [0.2, 0.25) is 0 Å². The van der Waals surface area contributed by atoms with Gasteiger partial charge in [0.15, 0.2) is 0 Å². The molecule has 0 bridgehead atoms. The van der Waals surface area contributed by atoms with Crippen LogP contribution in [0.1, 0.15) is 5.69 Å². The Morgan fingerprint density at radius 2 is 2.40 bits per heavy atom. The Morgan fingerprint density at radius 3 is 2.90 bits per heavy atom. The minimum Gasteiger partial charge on any atom is -0.742 e. The number of nitrogens with zero attached hydrogens (tertiary/aromatic N) is 1. The minimum absolute atomic E-state index is 0.260. The standard InChI is InChI=1S/C7H7NOS/c9-7(10)5-6-3-1-2-4-8-6/h1-4H,5H2,(H,9,10)/p-1. The highest BCUT2D eigenvalue weighted by molar-refractivity contribution is 7.77. The fourth-order valence-electron chi connectivity index (χ4n) is 0.651. The smallest absolute Gasteiger partial charge is 0.0458 e. The van der Waals surface area contributed by atoms with Crippen molar-refractivity contribution in [2.24, 2.45) is 0 Å². The molecule has 1 aromatic heterocycles. The molecule has 0 aliphatic heterocycles. The van der Waals surface area contributed by atoms with Gasteiger partial charge in [-0.1, -0.05) is 6.07 Å². The third-order valence-electron chi connectivity index (χ3n) is 1.05. The lowest BCUT2D eigenvalue weighted by molar-refractivity contribution is -0.110. The molecule has 0 aliphatic rings. The van der Waals surface area contributed by atoms with Gasteiger partial charge in [-0.15, -0.1) is 0 Å². The maximum absolute atomic E-state index is 10.4. The number of carbonyl (C=O) groups is 1. The molecule has 0 fully saturated rings. The summed E-state index contributed by atoms with van der Waals surface area (Å²) in [6, 6.07) is 5.42. The zero-order valence-electron chi connectivity index (χ0n) is 5.28. The van der Waals surface area contributed by atoms with E-state index in [9.17, 15) is 4.79 Å². The Bertz CT molecular complexity index is 222. The second kappa shape index (κ2) is 3.27. The van der Waals surface area contributed by atoms with Crippen LogP contribution in [0.15, 0.2) is 24.4 Å². The Labute approximate surface area is 64.7 Å². The highest BCUT2D eigenvalue weighted by atomic mass is 32.1. The van der Waals surface area contributed by atoms with Crippen molar-refractivity contribution < 1.29 is 4.79 Å². The topological polar surface area (TPSA) is 30.0 Å². The summed E-state index contributed by atoms with van der Waals surface area (Å²) in [4.78, 5) is 14.3. The molecule has 1 aromatic rings. The van der Waals surface area contributed by atoms with Crippen molar-refractivity contribution in [1.29, 1.82) is 0 Å². The number of rotatable bonds is 2. The Balaban J connectivity index is 2.67. The molecule has 1 rings (SSSR count). The van der Waals surface area contributed by atoms with Gasteiger partial charge in [-0.25, -0.2) is 0 Å². The largest absolute Gasteiger partial charge is 0.742 e. The molecule has 0 atom stereocenters. The van der Waals surface area contributed by atoms with Gasteiger partial charge < -0.3 is 17.4 Å². The lowest BCUT2D eigenvalue weighted by atomic mass is 10.3. The van der Waals surface area contributed by atoms with Gasteiger partial charge >= 0.3 is 0 Å². The van der Waals surface area contributed by atoms with Crippen LogP contribution in [-0.4, -0.2) is 10.1 Å². The van der Waals surface area contributed by atoms with Crippen molar-refractivity contribution in [3.63, 3.8) is 0 Å². The van der Waals surface area contributed by atoms with Crippen LogP contribution in [0.2, 0.25) is 0 Å². The average Bonchev–Trinajstić information content (AvgIpc) is 1.88. The summed E-state index contributed by atoms with van der Waals surface area (Å²) in [5, 5.41) is -0.265. The first kappa shape index (κ1) is 7.15. The predicted molar refractivity (Wildman–Crippen MR) is 40.3 cm³/mol. The Morgan fingerprint density at radius 1 is 1.60 bits per heavy atom. The van der Waals surface area contributed by atoms with Crippen LogP contribution in [0, 0.1) is 0 Å². The van der Waals surface area contributed by atoms with Crippen molar-refractivity contribution in [2.45, 2.75) is 6.42 Å². The van der Waals surface area contributed by atoms with Crippen LogP contribution >= 0.6 is 0 Å². The summed E-state index contributed by atoms with van der Waals surface area (Å²) in [5.41, 5.74) is 0.738. The summed E-state index contributed by atoms with van der Waals surface area (Å²) in [6.07, 6.45) is 1.91. The second-order valence-corrected chi connectivity index (χ2v) is 2.33. The van der Waals surface area contributed by atoms with Gasteiger partial charge in [0.1, 0.15) is 0 Å². The first-order valence-corrected chi connectivity index (χ1v) is 3.29. The Kier molecular flexibility index (Phi) is 2.34. The fraction of sp³-hybridized carbons (Fsp3) is 0.143. The van der Waals surface area contributed by atoms with Gasteiger partial charge in [-0.05, 0) is 12.1 Å². The number of pyridine rings is 1. The van der Waals surface area contributed by atoms with Gasteiger partial charge in [0.05, 0.1) is 0 Å². The van der Waals surface area contributed by atoms with E-state index >= 15 is 0 Å². The molecule has 1 heterocycles. The molecule has 0 aromatic carbocycles. The van der Waals surface area contributed by atoms with E-state index in [-0.39, 0.29) is 11.5 Å². The van der Waals surface area contributed by atoms with Crippen LogP contribution < -0.4 is 0 Å². The maximum atomic E-state index is 10.4. The van der Waals surface area contributed by atoms with Crippen LogP contribution in [0.5, 0.6) is 0 Å². The zero-order valence-corrected chi connectivity index (χ0v) is 6.10. The highest BCUT2D eigenvalue weighted by Gasteiger charge is 1.89. The summed E-state index contributed by atoms with van der Waals surface area (Å²) >= 11 is 4.38. The molecule has 0 saturated heterocycles. The van der Waals surface area contributed by atoms with Crippen LogP contribution in [0.25, 0.3) is 0 Å².